The van der Waals surface area contributed by atoms with Gasteiger partial charge < -0.3 is 15.0 Å². The number of aryl methyl sites for hydroxylation is 1. The summed E-state index contributed by atoms with van der Waals surface area (Å²) in [4.78, 5) is 51.1. The predicted molar refractivity (Wildman–Crippen MR) is 178 cm³/mol. The zero-order valence-corrected chi connectivity index (χ0v) is 26.2. The Morgan fingerprint density at radius 1 is 0.822 bits per heavy atom. The zero-order chi connectivity index (χ0) is 32.2. The topological polar surface area (TPSA) is 105 Å². The smallest absolute Gasteiger partial charge is 0.341 e. The molecule has 0 radical (unpaired) electrons. The van der Waals surface area contributed by atoms with E-state index >= 15 is 0 Å². The number of nitrogens with zero attached hydrogens (tertiary/aromatic N) is 1. The molecule has 2 N–H and O–H groups in total. The molecule has 0 fully saturated rings. The largest absolute Gasteiger partial charge is 0.477 e. The van der Waals surface area contributed by atoms with Crippen molar-refractivity contribution in [3.8, 4) is 11.1 Å². The van der Waals surface area contributed by atoms with Crippen LogP contribution in [-0.2, 0) is 24.2 Å². The molecular formula is C36H30Cl2N2O5. The molecule has 0 saturated heterocycles. The predicted octanol–water partition coefficient (Wildman–Crippen LogP) is 7.21. The summed E-state index contributed by atoms with van der Waals surface area (Å²) < 4.78 is 1.65. The Kier molecular flexibility index (Phi) is 9.51. The van der Waals surface area contributed by atoms with Gasteiger partial charge in [-0.3, -0.25) is 14.4 Å². The summed E-state index contributed by atoms with van der Waals surface area (Å²) in [6.07, 6.45) is 2.20. The van der Waals surface area contributed by atoms with E-state index < -0.39 is 23.0 Å². The number of halogens is 2. The number of carboxylic acid groups (broad SMARTS) is 1. The number of hydrogen-bond donors (Lipinski definition) is 2. The molecule has 0 aliphatic carbocycles. The number of carbonyl (C=O) groups excluding carboxylic acids is 2. The van der Waals surface area contributed by atoms with Crippen molar-refractivity contribution in [2.75, 3.05) is 0 Å². The number of ketones is 1. The average Bonchev–Trinajstić information content (AvgIpc) is 3.04. The van der Waals surface area contributed by atoms with E-state index in [9.17, 15) is 24.3 Å². The lowest BCUT2D eigenvalue weighted by Gasteiger charge is -2.15. The third kappa shape index (κ3) is 7.17. The van der Waals surface area contributed by atoms with Crippen molar-refractivity contribution >= 4 is 51.8 Å². The van der Waals surface area contributed by atoms with Crippen molar-refractivity contribution in [2.45, 2.75) is 39.3 Å². The molecule has 0 spiro atoms. The molecule has 1 atom stereocenters. The van der Waals surface area contributed by atoms with Crippen LogP contribution < -0.4 is 10.7 Å². The fourth-order valence-electron chi connectivity index (χ4n) is 5.13. The van der Waals surface area contributed by atoms with E-state index in [2.05, 4.69) is 36.5 Å². The Labute approximate surface area is 270 Å². The SMILES string of the molecule is CCc1ccc(-c2ccc(C(=O)N[C@@H](C)C(=O)Cc3ccc4c(c3)c(=O)c(C(=O)O)cn4Cc3ccc(Cl)c(Cl)c3)cc2)cc1. The van der Waals surface area contributed by atoms with Crippen LogP contribution in [0.2, 0.25) is 10.0 Å². The minimum Gasteiger partial charge on any atom is -0.477 e. The summed E-state index contributed by atoms with van der Waals surface area (Å²) in [5.41, 5.74) is 4.45. The van der Waals surface area contributed by atoms with Crippen molar-refractivity contribution in [1.82, 2.24) is 9.88 Å². The Bertz CT molecular complexity index is 1980. The van der Waals surface area contributed by atoms with Crippen molar-refractivity contribution in [2.24, 2.45) is 0 Å². The van der Waals surface area contributed by atoms with E-state index in [0.717, 1.165) is 23.1 Å². The first-order valence-electron chi connectivity index (χ1n) is 14.4. The maximum absolute atomic E-state index is 13.1. The van der Waals surface area contributed by atoms with Crippen LogP contribution in [-0.4, -0.2) is 33.4 Å². The Morgan fingerprint density at radius 3 is 2.07 bits per heavy atom. The van der Waals surface area contributed by atoms with E-state index in [0.29, 0.717) is 26.7 Å². The number of aromatic nitrogens is 1. The Morgan fingerprint density at radius 2 is 1.44 bits per heavy atom. The highest BCUT2D eigenvalue weighted by atomic mass is 35.5. The van der Waals surface area contributed by atoms with Gasteiger partial charge in [0, 0.05) is 30.1 Å². The number of nitrogens with one attached hydrogen (secondary N) is 1. The summed E-state index contributed by atoms with van der Waals surface area (Å²) in [6, 6.07) is 24.7. The number of hydrogen-bond acceptors (Lipinski definition) is 4. The highest BCUT2D eigenvalue weighted by molar-refractivity contribution is 6.42. The molecule has 9 heteroatoms. The van der Waals surface area contributed by atoms with Crippen molar-refractivity contribution in [3.63, 3.8) is 0 Å². The number of carboxylic acids is 1. The summed E-state index contributed by atoms with van der Waals surface area (Å²) in [5, 5.41) is 13.4. The number of amides is 1. The fraction of sp³-hybridized carbons (Fsp3) is 0.167. The highest BCUT2D eigenvalue weighted by Gasteiger charge is 2.20. The third-order valence-corrected chi connectivity index (χ3v) is 8.50. The van der Waals surface area contributed by atoms with Crippen LogP contribution in [0.15, 0.2) is 95.9 Å². The van der Waals surface area contributed by atoms with Gasteiger partial charge in [0.15, 0.2) is 5.78 Å². The van der Waals surface area contributed by atoms with Crippen LogP contribution in [0, 0.1) is 0 Å². The third-order valence-electron chi connectivity index (χ3n) is 7.76. The van der Waals surface area contributed by atoms with Gasteiger partial charge in [-0.25, -0.2) is 4.79 Å². The molecule has 1 aromatic heterocycles. The van der Waals surface area contributed by atoms with Crippen LogP contribution in [0.1, 0.15) is 51.3 Å². The Hall–Kier alpha value is -4.72. The first-order valence-corrected chi connectivity index (χ1v) is 15.2. The van der Waals surface area contributed by atoms with Gasteiger partial charge in [0.1, 0.15) is 5.56 Å². The second-order valence-electron chi connectivity index (χ2n) is 10.9. The summed E-state index contributed by atoms with van der Waals surface area (Å²) in [5.74, 6) is -2.00. The first-order chi connectivity index (χ1) is 21.5. The number of Topliss-reactive ketones (excluding diaryl/α,β-unsaturated/α-hetero) is 1. The van der Waals surface area contributed by atoms with Crippen molar-refractivity contribution < 1.29 is 19.5 Å². The van der Waals surface area contributed by atoms with E-state index in [1.807, 2.05) is 12.1 Å². The van der Waals surface area contributed by atoms with Gasteiger partial charge in [-0.2, -0.15) is 0 Å². The molecule has 4 aromatic carbocycles. The summed E-state index contributed by atoms with van der Waals surface area (Å²) in [6.45, 7) is 3.95. The number of rotatable bonds is 10. The second-order valence-corrected chi connectivity index (χ2v) is 11.7. The highest BCUT2D eigenvalue weighted by Crippen LogP contribution is 2.25. The maximum atomic E-state index is 13.1. The van der Waals surface area contributed by atoms with Crippen LogP contribution in [0.5, 0.6) is 0 Å². The van der Waals surface area contributed by atoms with Gasteiger partial charge >= 0.3 is 5.97 Å². The summed E-state index contributed by atoms with van der Waals surface area (Å²) >= 11 is 12.2. The molecular weight excluding hydrogens is 611 g/mol. The number of fused-ring (bicyclic) bond motifs is 1. The normalized spacial score (nSPS) is 11.7. The molecule has 5 aromatic rings. The molecule has 228 valence electrons. The fourth-order valence-corrected chi connectivity index (χ4v) is 5.45. The van der Waals surface area contributed by atoms with Gasteiger partial charge in [0.05, 0.1) is 21.6 Å². The number of aromatic carboxylic acids is 1. The summed E-state index contributed by atoms with van der Waals surface area (Å²) in [7, 11) is 0. The van der Waals surface area contributed by atoms with E-state index in [1.54, 1.807) is 54.0 Å². The number of pyridine rings is 1. The first kappa shape index (κ1) is 31.7. The van der Waals surface area contributed by atoms with Gasteiger partial charge in [0.2, 0.25) is 5.43 Å². The lowest BCUT2D eigenvalue weighted by molar-refractivity contribution is -0.119. The molecule has 1 amide bonds. The van der Waals surface area contributed by atoms with Crippen LogP contribution in [0.4, 0.5) is 0 Å². The minimum absolute atomic E-state index is 0.0619. The van der Waals surface area contributed by atoms with Crippen molar-refractivity contribution in [3.05, 3.63) is 139 Å². The van der Waals surface area contributed by atoms with Gasteiger partial charge in [-0.15, -0.1) is 0 Å². The molecule has 0 saturated carbocycles. The second kappa shape index (κ2) is 13.5. The van der Waals surface area contributed by atoms with Crippen LogP contribution >= 0.6 is 23.2 Å². The van der Waals surface area contributed by atoms with E-state index in [1.165, 1.54) is 17.8 Å². The van der Waals surface area contributed by atoms with Crippen LogP contribution in [0.3, 0.4) is 0 Å². The zero-order valence-electron chi connectivity index (χ0n) is 24.6. The molecule has 0 unspecified atom stereocenters. The number of carbonyl (C=O) groups is 3. The number of benzene rings is 4. The minimum atomic E-state index is -1.36. The molecule has 7 nitrogen and oxygen atoms in total. The van der Waals surface area contributed by atoms with Gasteiger partial charge in [0.25, 0.3) is 5.91 Å². The monoisotopic (exact) mass is 640 g/mol. The standard InChI is InChI=1S/C36H30Cl2N2O5/c1-3-22-4-8-25(9-5-22)26-10-12-27(13-11-26)35(43)39-21(2)33(41)18-23-7-15-32-28(16-23)34(42)29(36(44)45)20-40(32)19-24-6-14-30(37)31(38)17-24/h4-17,20-21H,3,18-19H2,1-2H3,(H,39,43)(H,44,45)/t21-/m0/s1. The Balaban J connectivity index is 1.31. The quantitative estimate of drug-likeness (QED) is 0.168. The van der Waals surface area contributed by atoms with Crippen molar-refractivity contribution in [1.29, 1.82) is 0 Å². The molecule has 1 heterocycles. The maximum Gasteiger partial charge on any atom is 0.341 e. The molecule has 5 rings (SSSR count). The average molecular weight is 642 g/mol. The molecule has 45 heavy (non-hydrogen) atoms. The van der Waals surface area contributed by atoms with Gasteiger partial charge in [-0.1, -0.05) is 78.7 Å². The van der Waals surface area contributed by atoms with Crippen LogP contribution in [0.25, 0.3) is 22.0 Å². The van der Waals surface area contributed by atoms with Gasteiger partial charge in [-0.05, 0) is 77.6 Å². The molecule has 0 aliphatic heterocycles. The van der Waals surface area contributed by atoms with E-state index in [-0.39, 0.29) is 30.0 Å². The molecule has 0 aliphatic rings. The lowest BCUT2D eigenvalue weighted by Crippen LogP contribution is -2.39. The molecule has 0 bridgehead atoms. The van der Waals surface area contributed by atoms with E-state index in [4.69, 9.17) is 23.2 Å². The lowest BCUT2D eigenvalue weighted by atomic mass is 10.0.